The van der Waals surface area contributed by atoms with Gasteiger partial charge in [0.25, 0.3) is 0 Å². The minimum Gasteiger partial charge on any atom is -0.468 e. The van der Waals surface area contributed by atoms with Crippen molar-refractivity contribution >= 4 is 21.6 Å². The molecule has 1 aliphatic rings. The van der Waals surface area contributed by atoms with Gasteiger partial charge in [0.2, 0.25) is 10.0 Å². The van der Waals surface area contributed by atoms with E-state index in [1.807, 2.05) is 6.07 Å². The van der Waals surface area contributed by atoms with Gasteiger partial charge in [-0.05, 0) is 43.2 Å². The van der Waals surface area contributed by atoms with Gasteiger partial charge in [-0.2, -0.15) is 4.31 Å². The van der Waals surface area contributed by atoms with Crippen LogP contribution in [-0.4, -0.2) is 19.3 Å². The van der Waals surface area contributed by atoms with E-state index >= 15 is 0 Å². The summed E-state index contributed by atoms with van der Waals surface area (Å²) in [6, 6.07) is 9.72. The summed E-state index contributed by atoms with van der Waals surface area (Å²) < 4.78 is 32.3. The Bertz CT molecular complexity index is 697. The summed E-state index contributed by atoms with van der Waals surface area (Å²) in [6.07, 6.45) is 3.16. The Kier molecular flexibility index (Phi) is 3.58. The van der Waals surface area contributed by atoms with Gasteiger partial charge in [-0.1, -0.05) is 17.7 Å². The first-order valence-electron chi connectivity index (χ1n) is 6.40. The zero-order valence-electron chi connectivity index (χ0n) is 10.7. The lowest BCUT2D eigenvalue weighted by atomic mass is 10.2. The van der Waals surface area contributed by atoms with E-state index in [9.17, 15) is 8.42 Å². The fourth-order valence-corrected chi connectivity index (χ4v) is 4.52. The van der Waals surface area contributed by atoms with Crippen LogP contribution in [0.4, 0.5) is 0 Å². The molecule has 1 fully saturated rings. The maximum atomic E-state index is 12.7. The molecule has 1 atom stereocenters. The van der Waals surface area contributed by atoms with Crippen molar-refractivity contribution in [2.75, 3.05) is 6.54 Å². The van der Waals surface area contributed by atoms with E-state index in [2.05, 4.69) is 0 Å². The summed E-state index contributed by atoms with van der Waals surface area (Å²) in [5.41, 5.74) is 0. The van der Waals surface area contributed by atoms with E-state index in [1.54, 1.807) is 30.5 Å². The van der Waals surface area contributed by atoms with Crippen molar-refractivity contribution in [1.82, 2.24) is 4.31 Å². The smallest absolute Gasteiger partial charge is 0.243 e. The Morgan fingerprint density at radius 3 is 2.80 bits per heavy atom. The Balaban J connectivity index is 1.98. The molecule has 2 aromatic rings. The van der Waals surface area contributed by atoms with Gasteiger partial charge in [0.15, 0.2) is 0 Å². The Morgan fingerprint density at radius 1 is 1.25 bits per heavy atom. The average Bonchev–Trinajstić information content (AvgIpc) is 3.09. The van der Waals surface area contributed by atoms with Crippen LogP contribution in [0.5, 0.6) is 0 Å². The third-order valence-electron chi connectivity index (χ3n) is 3.48. The van der Waals surface area contributed by atoms with E-state index in [1.165, 1.54) is 10.4 Å². The van der Waals surface area contributed by atoms with Crippen molar-refractivity contribution in [3.8, 4) is 0 Å². The minimum absolute atomic E-state index is 0.225. The normalized spacial score (nSPS) is 20.4. The van der Waals surface area contributed by atoms with Crippen molar-refractivity contribution in [2.24, 2.45) is 0 Å². The predicted octanol–water partition coefficient (Wildman–Crippen LogP) is 3.46. The number of sulfonamides is 1. The molecule has 20 heavy (non-hydrogen) atoms. The molecule has 3 rings (SSSR count). The van der Waals surface area contributed by atoms with Crippen LogP contribution in [0.1, 0.15) is 24.6 Å². The van der Waals surface area contributed by atoms with Crippen LogP contribution in [0.15, 0.2) is 52.0 Å². The third kappa shape index (κ3) is 2.37. The monoisotopic (exact) mass is 311 g/mol. The first-order chi connectivity index (χ1) is 9.59. The first-order valence-corrected chi connectivity index (χ1v) is 8.21. The molecule has 0 amide bonds. The highest BCUT2D eigenvalue weighted by atomic mass is 35.5. The number of rotatable bonds is 3. The average molecular weight is 312 g/mol. The molecular weight excluding hydrogens is 298 g/mol. The third-order valence-corrected chi connectivity index (χ3v) is 5.62. The van der Waals surface area contributed by atoms with E-state index in [-0.39, 0.29) is 10.9 Å². The van der Waals surface area contributed by atoms with Crippen LogP contribution in [0, 0.1) is 0 Å². The molecule has 0 unspecified atom stereocenters. The maximum absolute atomic E-state index is 12.7. The molecule has 0 radical (unpaired) electrons. The molecular formula is C14H14ClNO3S. The van der Waals surface area contributed by atoms with Crippen LogP contribution in [-0.2, 0) is 10.0 Å². The molecule has 0 N–H and O–H groups in total. The lowest BCUT2D eigenvalue weighted by Gasteiger charge is -2.22. The standard InChI is InChI=1S/C14H14ClNO3S/c15-11-4-1-5-12(10-11)20(17,18)16-8-2-6-13(16)14-7-3-9-19-14/h1,3-5,7,9-10,13H,2,6,8H2/t13-/m1/s1. The van der Waals surface area contributed by atoms with Crippen LogP contribution in [0.25, 0.3) is 0 Å². The number of halogens is 1. The summed E-state index contributed by atoms with van der Waals surface area (Å²) in [5, 5.41) is 0.417. The summed E-state index contributed by atoms with van der Waals surface area (Å²) in [7, 11) is -3.55. The molecule has 1 aromatic heterocycles. The SMILES string of the molecule is O=S(=O)(c1cccc(Cl)c1)N1CCC[C@@H]1c1ccco1. The fourth-order valence-electron chi connectivity index (χ4n) is 2.56. The summed E-state index contributed by atoms with van der Waals surface area (Å²) >= 11 is 5.89. The molecule has 1 aromatic carbocycles. The molecule has 0 spiro atoms. The predicted molar refractivity (Wildman–Crippen MR) is 76.0 cm³/mol. The zero-order chi connectivity index (χ0) is 14.2. The van der Waals surface area contributed by atoms with Crippen molar-refractivity contribution in [2.45, 2.75) is 23.8 Å². The van der Waals surface area contributed by atoms with Gasteiger partial charge in [0.05, 0.1) is 17.2 Å². The Morgan fingerprint density at radius 2 is 2.10 bits per heavy atom. The van der Waals surface area contributed by atoms with Crippen molar-refractivity contribution in [1.29, 1.82) is 0 Å². The van der Waals surface area contributed by atoms with Crippen molar-refractivity contribution < 1.29 is 12.8 Å². The van der Waals surface area contributed by atoms with Crippen LogP contribution in [0.2, 0.25) is 5.02 Å². The number of nitrogens with zero attached hydrogens (tertiary/aromatic N) is 1. The lowest BCUT2D eigenvalue weighted by Crippen LogP contribution is -2.30. The molecule has 6 heteroatoms. The highest BCUT2D eigenvalue weighted by molar-refractivity contribution is 7.89. The van der Waals surface area contributed by atoms with Gasteiger partial charge in [-0.3, -0.25) is 0 Å². The Labute approximate surface area is 123 Å². The summed E-state index contributed by atoms with van der Waals surface area (Å²) in [6.45, 7) is 0.500. The highest BCUT2D eigenvalue weighted by Gasteiger charge is 2.37. The molecule has 0 bridgehead atoms. The minimum atomic E-state index is -3.55. The topological polar surface area (TPSA) is 50.5 Å². The summed E-state index contributed by atoms with van der Waals surface area (Å²) in [5.74, 6) is 0.688. The second kappa shape index (κ2) is 5.24. The molecule has 0 saturated carbocycles. The molecule has 4 nitrogen and oxygen atoms in total. The quantitative estimate of drug-likeness (QED) is 0.872. The van der Waals surface area contributed by atoms with E-state index in [0.717, 1.165) is 12.8 Å². The molecule has 106 valence electrons. The number of hydrogen-bond acceptors (Lipinski definition) is 3. The van der Waals surface area contributed by atoms with Crippen LogP contribution in [0.3, 0.4) is 0 Å². The van der Waals surface area contributed by atoms with Crippen molar-refractivity contribution in [3.05, 3.63) is 53.4 Å². The maximum Gasteiger partial charge on any atom is 0.243 e. The molecule has 2 heterocycles. The van der Waals surface area contributed by atoms with Gasteiger partial charge in [-0.25, -0.2) is 8.42 Å². The van der Waals surface area contributed by atoms with Crippen LogP contribution < -0.4 is 0 Å². The Hall–Kier alpha value is -1.30. The largest absolute Gasteiger partial charge is 0.468 e. The van der Waals surface area contributed by atoms with Gasteiger partial charge >= 0.3 is 0 Å². The second-order valence-corrected chi connectivity index (χ2v) is 7.07. The van der Waals surface area contributed by atoms with Crippen LogP contribution >= 0.6 is 11.6 Å². The van der Waals surface area contributed by atoms with E-state index < -0.39 is 10.0 Å². The highest BCUT2D eigenvalue weighted by Crippen LogP contribution is 2.36. The molecule has 0 aliphatic carbocycles. The van der Waals surface area contributed by atoms with Gasteiger partial charge < -0.3 is 4.42 Å². The first kappa shape index (κ1) is 13.7. The number of hydrogen-bond donors (Lipinski definition) is 0. The number of benzene rings is 1. The molecule has 1 aliphatic heterocycles. The van der Waals surface area contributed by atoms with Gasteiger partial charge in [0.1, 0.15) is 5.76 Å². The fraction of sp³-hybridized carbons (Fsp3) is 0.286. The van der Waals surface area contributed by atoms with Crippen molar-refractivity contribution in [3.63, 3.8) is 0 Å². The van der Waals surface area contributed by atoms with Gasteiger partial charge in [0, 0.05) is 11.6 Å². The van der Waals surface area contributed by atoms with E-state index in [0.29, 0.717) is 17.3 Å². The number of furan rings is 1. The van der Waals surface area contributed by atoms with E-state index in [4.69, 9.17) is 16.0 Å². The zero-order valence-corrected chi connectivity index (χ0v) is 12.3. The van der Waals surface area contributed by atoms with Gasteiger partial charge in [-0.15, -0.1) is 0 Å². The molecule has 1 saturated heterocycles. The lowest BCUT2D eigenvalue weighted by molar-refractivity contribution is 0.340. The summed E-state index contributed by atoms with van der Waals surface area (Å²) in [4.78, 5) is 0.225. The second-order valence-electron chi connectivity index (χ2n) is 4.75.